The second-order valence-corrected chi connectivity index (χ2v) is 8.33. The van der Waals surface area contributed by atoms with Crippen LogP contribution in [0.25, 0.3) is 0 Å². The van der Waals surface area contributed by atoms with Gasteiger partial charge in [0.15, 0.2) is 9.38 Å². The molecule has 0 saturated carbocycles. The predicted molar refractivity (Wildman–Crippen MR) is 84.9 cm³/mol. The lowest BCUT2D eigenvalue weighted by Gasteiger charge is -2.14. The summed E-state index contributed by atoms with van der Waals surface area (Å²) in [6.07, 6.45) is 1.35. The van der Waals surface area contributed by atoms with Gasteiger partial charge in [-0.1, -0.05) is 0 Å². The van der Waals surface area contributed by atoms with Crippen LogP contribution >= 0.6 is 23.1 Å². The average molecular weight is 338 g/mol. The molecule has 1 aromatic heterocycles. The quantitative estimate of drug-likeness (QED) is 0.929. The Morgan fingerprint density at radius 2 is 2.24 bits per heavy atom. The summed E-state index contributed by atoms with van der Waals surface area (Å²) in [4.78, 5) is 11.4. The molecular weight excluding hydrogens is 328 g/mol. The molecule has 0 spiro atoms. The van der Waals surface area contributed by atoms with Crippen molar-refractivity contribution in [3.05, 3.63) is 29.9 Å². The van der Waals surface area contributed by atoms with Crippen molar-refractivity contribution in [1.29, 1.82) is 0 Å². The number of thioether (sulfide) groups is 1. The van der Waals surface area contributed by atoms with Gasteiger partial charge in [0.2, 0.25) is 0 Å². The number of rotatable bonds is 3. The maximum Gasteiger partial charge on any atom is 0.273 e. The van der Waals surface area contributed by atoms with E-state index in [0.29, 0.717) is 5.69 Å². The normalized spacial score (nSPS) is 16.6. The Bertz CT molecular complexity index is 830. The number of thiazole rings is 1. The molecule has 6 nitrogen and oxygen atoms in total. The summed E-state index contributed by atoms with van der Waals surface area (Å²) >= 11 is 2.72. The molecule has 0 aliphatic carbocycles. The SMILES string of the molecule is O=S(=O)(Nc1ccc2c(c1)N1CCN=C1S2)c1cncs1. The first-order valence-electron chi connectivity index (χ1n) is 6.19. The van der Waals surface area contributed by atoms with Crippen LogP contribution in [-0.2, 0) is 10.0 Å². The highest BCUT2D eigenvalue weighted by atomic mass is 32.2. The number of fused-ring (bicyclic) bond motifs is 3. The fourth-order valence-electron chi connectivity index (χ4n) is 2.26. The molecule has 4 rings (SSSR count). The third-order valence-electron chi connectivity index (χ3n) is 3.18. The van der Waals surface area contributed by atoms with E-state index in [-0.39, 0.29) is 4.21 Å². The molecule has 2 aromatic rings. The van der Waals surface area contributed by atoms with Gasteiger partial charge in [-0.15, -0.1) is 11.3 Å². The number of nitrogens with zero attached hydrogens (tertiary/aromatic N) is 3. The summed E-state index contributed by atoms with van der Waals surface area (Å²) in [7, 11) is -3.56. The molecule has 0 atom stereocenters. The van der Waals surface area contributed by atoms with Crippen molar-refractivity contribution in [2.45, 2.75) is 9.10 Å². The van der Waals surface area contributed by atoms with Gasteiger partial charge < -0.3 is 4.90 Å². The lowest BCUT2D eigenvalue weighted by atomic mass is 10.2. The van der Waals surface area contributed by atoms with Crippen molar-refractivity contribution < 1.29 is 8.42 Å². The molecule has 0 amide bonds. The van der Waals surface area contributed by atoms with E-state index in [2.05, 4.69) is 19.6 Å². The topological polar surface area (TPSA) is 74.7 Å². The summed E-state index contributed by atoms with van der Waals surface area (Å²) < 4.78 is 27.2. The number of anilines is 2. The minimum absolute atomic E-state index is 0.209. The second-order valence-electron chi connectivity index (χ2n) is 4.53. The number of benzene rings is 1. The highest BCUT2D eigenvalue weighted by Crippen LogP contribution is 2.43. The van der Waals surface area contributed by atoms with Crippen LogP contribution < -0.4 is 9.62 Å². The van der Waals surface area contributed by atoms with E-state index in [1.54, 1.807) is 17.8 Å². The molecule has 1 aromatic carbocycles. The zero-order valence-corrected chi connectivity index (χ0v) is 13.1. The van der Waals surface area contributed by atoms with Gasteiger partial charge in [-0.05, 0) is 30.0 Å². The van der Waals surface area contributed by atoms with E-state index in [4.69, 9.17) is 0 Å². The molecule has 0 bridgehead atoms. The maximum absolute atomic E-state index is 12.2. The molecule has 0 unspecified atom stereocenters. The highest BCUT2D eigenvalue weighted by molar-refractivity contribution is 8.14. The van der Waals surface area contributed by atoms with E-state index in [1.165, 1.54) is 11.7 Å². The number of aliphatic imine (C=N–C) groups is 1. The molecule has 2 aliphatic heterocycles. The van der Waals surface area contributed by atoms with Gasteiger partial charge >= 0.3 is 0 Å². The monoisotopic (exact) mass is 338 g/mol. The molecule has 21 heavy (non-hydrogen) atoms. The Kier molecular flexibility index (Phi) is 2.95. The standard InChI is InChI=1S/C12H10N4O2S3/c17-21(18,11-6-13-7-19-11)15-8-1-2-10-9(5-8)16-4-3-14-12(16)20-10/h1-2,5-7,15H,3-4H2. The minimum Gasteiger partial charge on any atom is -0.318 e. The fourth-order valence-corrected chi connectivity index (χ4v) is 5.16. The summed E-state index contributed by atoms with van der Waals surface area (Å²) in [6.45, 7) is 1.64. The van der Waals surface area contributed by atoms with E-state index >= 15 is 0 Å². The number of aromatic nitrogens is 1. The molecule has 0 radical (unpaired) electrons. The second kappa shape index (κ2) is 4.72. The largest absolute Gasteiger partial charge is 0.318 e. The van der Waals surface area contributed by atoms with E-state index < -0.39 is 10.0 Å². The zero-order chi connectivity index (χ0) is 14.4. The third-order valence-corrected chi connectivity index (χ3v) is 6.93. The molecule has 3 heterocycles. The van der Waals surface area contributed by atoms with Gasteiger partial charge in [0, 0.05) is 11.4 Å². The lowest BCUT2D eigenvalue weighted by Crippen LogP contribution is -2.21. The van der Waals surface area contributed by atoms with Crippen molar-refractivity contribution in [3.63, 3.8) is 0 Å². The van der Waals surface area contributed by atoms with Crippen molar-refractivity contribution in [1.82, 2.24) is 4.98 Å². The van der Waals surface area contributed by atoms with Gasteiger partial charge in [0.1, 0.15) is 0 Å². The maximum atomic E-state index is 12.2. The Morgan fingerprint density at radius 1 is 1.33 bits per heavy atom. The lowest BCUT2D eigenvalue weighted by molar-refractivity contribution is 0.603. The Hall–Kier alpha value is -1.58. The first-order chi connectivity index (χ1) is 10.1. The number of hydrogen-bond acceptors (Lipinski definition) is 7. The first kappa shape index (κ1) is 13.1. The summed E-state index contributed by atoms with van der Waals surface area (Å²) in [5, 5.41) is 0.993. The summed E-state index contributed by atoms with van der Waals surface area (Å²) in [6, 6.07) is 5.55. The summed E-state index contributed by atoms with van der Waals surface area (Å²) in [5.74, 6) is 0. The molecule has 108 valence electrons. The van der Waals surface area contributed by atoms with Crippen LogP contribution in [0, 0.1) is 0 Å². The minimum atomic E-state index is -3.56. The van der Waals surface area contributed by atoms with E-state index in [1.807, 2.05) is 12.1 Å². The van der Waals surface area contributed by atoms with Crippen LogP contribution in [0.5, 0.6) is 0 Å². The van der Waals surface area contributed by atoms with Crippen molar-refractivity contribution in [2.75, 3.05) is 22.7 Å². The predicted octanol–water partition coefficient (Wildman–Crippen LogP) is 2.23. The van der Waals surface area contributed by atoms with Crippen LogP contribution in [-0.4, -0.2) is 31.7 Å². The molecule has 2 aliphatic rings. The van der Waals surface area contributed by atoms with E-state index in [9.17, 15) is 8.42 Å². The number of amidine groups is 1. The molecule has 1 N–H and O–H groups in total. The van der Waals surface area contributed by atoms with Gasteiger partial charge in [-0.3, -0.25) is 14.7 Å². The number of sulfonamides is 1. The van der Waals surface area contributed by atoms with Crippen LogP contribution in [0.15, 0.2) is 44.0 Å². The van der Waals surface area contributed by atoms with Crippen molar-refractivity contribution in [2.24, 2.45) is 4.99 Å². The summed E-state index contributed by atoms with van der Waals surface area (Å²) in [5.41, 5.74) is 3.07. The van der Waals surface area contributed by atoms with Crippen LogP contribution in [0.2, 0.25) is 0 Å². The van der Waals surface area contributed by atoms with Crippen LogP contribution in [0.1, 0.15) is 0 Å². The average Bonchev–Trinajstić information content (AvgIpc) is 3.15. The van der Waals surface area contributed by atoms with Gasteiger partial charge in [0.05, 0.1) is 29.6 Å². The Labute approximate surface area is 130 Å². The Morgan fingerprint density at radius 3 is 3.05 bits per heavy atom. The first-order valence-corrected chi connectivity index (χ1v) is 9.37. The smallest absolute Gasteiger partial charge is 0.273 e. The molecular formula is C12H10N4O2S3. The zero-order valence-electron chi connectivity index (χ0n) is 10.7. The van der Waals surface area contributed by atoms with Gasteiger partial charge in [0.25, 0.3) is 10.0 Å². The van der Waals surface area contributed by atoms with Gasteiger partial charge in [-0.25, -0.2) is 8.42 Å². The fraction of sp³-hybridized carbons (Fsp3) is 0.167. The highest BCUT2D eigenvalue weighted by Gasteiger charge is 2.30. The van der Waals surface area contributed by atoms with E-state index in [0.717, 1.165) is 40.2 Å². The van der Waals surface area contributed by atoms with Crippen LogP contribution in [0.4, 0.5) is 11.4 Å². The van der Waals surface area contributed by atoms with Gasteiger partial charge in [-0.2, -0.15) is 0 Å². The molecule has 0 fully saturated rings. The molecule has 9 heteroatoms. The number of hydrogen-bond donors (Lipinski definition) is 1. The van der Waals surface area contributed by atoms with Crippen molar-refractivity contribution in [3.8, 4) is 0 Å². The van der Waals surface area contributed by atoms with Crippen LogP contribution in [0.3, 0.4) is 0 Å². The third kappa shape index (κ3) is 2.21. The molecule has 0 saturated heterocycles. The van der Waals surface area contributed by atoms with Crippen molar-refractivity contribution >= 4 is 49.7 Å². The Balaban J connectivity index is 1.67. The number of nitrogens with one attached hydrogen (secondary N) is 1.